The molecule has 0 fully saturated rings. The molecule has 1 aromatic heterocycles. The van der Waals surface area contributed by atoms with Crippen molar-refractivity contribution in [2.45, 2.75) is 39.2 Å². The van der Waals surface area contributed by atoms with E-state index in [4.69, 9.17) is 0 Å². The molecular weight excluding hydrogens is 438 g/mol. The Labute approximate surface area is 204 Å². The molecule has 6 heteroatoms. The number of carboxylic acids is 1. The van der Waals surface area contributed by atoms with E-state index in [2.05, 4.69) is 55.2 Å². The number of hydrogen-bond acceptors (Lipinski definition) is 3. The second-order valence-corrected chi connectivity index (χ2v) is 10.0. The van der Waals surface area contributed by atoms with Gasteiger partial charge in [0.1, 0.15) is 5.69 Å². The summed E-state index contributed by atoms with van der Waals surface area (Å²) in [5, 5.41) is 16.8. The molecule has 6 nitrogen and oxygen atoms in total. The fourth-order valence-electron chi connectivity index (χ4n) is 4.59. The van der Waals surface area contributed by atoms with Gasteiger partial charge in [-0.1, -0.05) is 74.9 Å². The van der Waals surface area contributed by atoms with Crippen LogP contribution in [0.15, 0.2) is 72.8 Å². The number of anilines is 1. The lowest BCUT2D eigenvalue weighted by atomic mass is 9.85. The summed E-state index contributed by atoms with van der Waals surface area (Å²) in [5.41, 5.74) is 7.06. The van der Waals surface area contributed by atoms with Gasteiger partial charge in [0.2, 0.25) is 0 Å². The highest BCUT2D eigenvalue weighted by Crippen LogP contribution is 2.45. The predicted octanol–water partition coefficient (Wildman–Crippen LogP) is 6.13. The van der Waals surface area contributed by atoms with E-state index in [1.807, 2.05) is 31.2 Å². The summed E-state index contributed by atoms with van der Waals surface area (Å²) in [5.74, 6) is -1.20. The molecule has 35 heavy (non-hydrogen) atoms. The summed E-state index contributed by atoms with van der Waals surface area (Å²) < 4.78 is 0. The third-order valence-corrected chi connectivity index (χ3v) is 6.58. The number of amides is 1. The number of carboxylic acid groups (broad SMARTS) is 1. The summed E-state index contributed by atoms with van der Waals surface area (Å²) in [7, 11) is 0. The van der Waals surface area contributed by atoms with E-state index in [1.54, 1.807) is 17.0 Å². The third kappa shape index (κ3) is 3.91. The highest BCUT2D eigenvalue weighted by atomic mass is 16.4. The molecule has 0 aliphatic carbocycles. The number of hydrogen-bond donors (Lipinski definition) is 2. The Balaban J connectivity index is 1.67. The number of aromatic amines is 1. The van der Waals surface area contributed by atoms with Crippen molar-refractivity contribution in [1.29, 1.82) is 0 Å². The van der Waals surface area contributed by atoms with Gasteiger partial charge in [0, 0.05) is 16.8 Å². The predicted molar refractivity (Wildman–Crippen MR) is 136 cm³/mol. The molecule has 1 atom stereocenters. The monoisotopic (exact) mass is 465 g/mol. The first-order valence-electron chi connectivity index (χ1n) is 11.6. The van der Waals surface area contributed by atoms with Gasteiger partial charge in [0.25, 0.3) is 5.91 Å². The van der Waals surface area contributed by atoms with Crippen molar-refractivity contribution in [3.8, 4) is 11.3 Å². The lowest BCUT2D eigenvalue weighted by Gasteiger charge is -2.27. The van der Waals surface area contributed by atoms with Crippen LogP contribution in [0.2, 0.25) is 0 Å². The molecule has 3 aromatic carbocycles. The summed E-state index contributed by atoms with van der Waals surface area (Å²) in [6, 6.07) is 22.4. The Morgan fingerprint density at radius 2 is 1.57 bits per heavy atom. The second kappa shape index (κ2) is 8.24. The highest BCUT2D eigenvalue weighted by Gasteiger charge is 2.43. The average Bonchev–Trinajstić information content (AvgIpc) is 3.38. The van der Waals surface area contributed by atoms with Crippen molar-refractivity contribution in [1.82, 2.24) is 10.2 Å². The molecule has 1 amide bonds. The van der Waals surface area contributed by atoms with Crippen molar-refractivity contribution in [3.05, 3.63) is 106 Å². The Morgan fingerprint density at radius 1 is 0.943 bits per heavy atom. The van der Waals surface area contributed by atoms with Crippen LogP contribution in [-0.4, -0.2) is 27.2 Å². The summed E-state index contributed by atoms with van der Waals surface area (Å²) in [6.45, 7) is 8.54. The number of benzene rings is 3. The van der Waals surface area contributed by atoms with E-state index in [-0.39, 0.29) is 16.9 Å². The van der Waals surface area contributed by atoms with Crippen LogP contribution in [0, 0.1) is 6.92 Å². The summed E-state index contributed by atoms with van der Waals surface area (Å²) in [4.78, 5) is 26.7. The molecule has 0 saturated heterocycles. The first-order chi connectivity index (χ1) is 16.6. The fraction of sp³-hybridized carbons (Fsp3) is 0.207. The van der Waals surface area contributed by atoms with Crippen molar-refractivity contribution in [3.63, 3.8) is 0 Å². The highest BCUT2D eigenvalue weighted by molar-refractivity contribution is 6.11. The Kier molecular flexibility index (Phi) is 5.32. The molecule has 2 heterocycles. The maximum absolute atomic E-state index is 13.7. The Hall–Kier alpha value is -4.19. The van der Waals surface area contributed by atoms with Crippen LogP contribution in [0.4, 0.5) is 5.69 Å². The maximum atomic E-state index is 13.7. The number of rotatable bonds is 4. The van der Waals surface area contributed by atoms with Crippen molar-refractivity contribution >= 4 is 17.6 Å². The van der Waals surface area contributed by atoms with E-state index >= 15 is 0 Å². The van der Waals surface area contributed by atoms with Crippen LogP contribution in [0.5, 0.6) is 0 Å². The Morgan fingerprint density at radius 3 is 2.14 bits per heavy atom. The summed E-state index contributed by atoms with van der Waals surface area (Å²) >= 11 is 0. The van der Waals surface area contributed by atoms with Gasteiger partial charge in [-0.3, -0.25) is 14.8 Å². The molecule has 0 radical (unpaired) electrons. The first kappa shape index (κ1) is 22.6. The molecule has 0 unspecified atom stereocenters. The molecule has 0 spiro atoms. The number of aryl methyl sites for hydroxylation is 1. The smallest absolute Gasteiger partial charge is 0.335 e. The number of fused-ring (bicyclic) bond motifs is 1. The second-order valence-electron chi connectivity index (χ2n) is 10.0. The molecule has 176 valence electrons. The number of aromatic nitrogens is 2. The number of nitrogens with one attached hydrogen (secondary N) is 1. The van der Waals surface area contributed by atoms with Crippen LogP contribution >= 0.6 is 0 Å². The average molecular weight is 466 g/mol. The largest absolute Gasteiger partial charge is 0.478 e. The van der Waals surface area contributed by atoms with Crippen molar-refractivity contribution in [2.24, 2.45) is 0 Å². The number of carbonyl (C=O) groups excluding carboxylic acids is 1. The normalized spacial score (nSPS) is 15.4. The van der Waals surface area contributed by atoms with Crippen LogP contribution in [0.25, 0.3) is 11.3 Å². The van der Waals surface area contributed by atoms with Crippen molar-refractivity contribution in [2.75, 3.05) is 4.90 Å². The zero-order valence-corrected chi connectivity index (χ0v) is 20.2. The number of aromatic carboxylic acids is 1. The fourth-order valence-corrected chi connectivity index (χ4v) is 4.59. The van der Waals surface area contributed by atoms with Crippen LogP contribution in [0.1, 0.15) is 69.9 Å². The minimum absolute atomic E-state index is 0.00420. The minimum atomic E-state index is -1.00. The van der Waals surface area contributed by atoms with E-state index in [1.165, 1.54) is 17.7 Å². The van der Waals surface area contributed by atoms with Crippen LogP contribution in [0.3, 0.4) is 0 Å². The van der Waals surface area contributed by atoms with Gasteiger partial charge in [-0.05, 0) is 47.7 Å². The van der Waals surface area contributed by atoms with Gasteiger partial charge in [-0.15, -0.1) is 0 Å². The third-order valence-electron chi connectivity index (χ3n) is 6.58. The summed E-state index contributed by atoms with van der Waals surface area (Å²) in [6.07, 6.45) is 0. The standard InChI is InChI=1S/C29H27N3O3/c1-17-5-7-18(8-6-17)24-23-25(31-30-24)27(33)32(22-15-11-20(12-16-22)28(34)35)26(23)19-9-13-21(14-10-19)29(2,3)4/h5-16,26H,1-4H3,(H,30,31)(H,34,35)/t26-/m1/s1. The lowest BCUT2D eigenvalue weighted by Crippen LogP contribution is -2.29. The zero-order chi connectivity index (χ0) is 24.9. The molecule has 0 bridgehead atoms. The van der Waals surface area contributed by atoms with Crippen LogP contribution in [-0.2, 0) is 5.41 Å². The zero-order valence-electron chi connectivity index (χ0n) is 20.2. The molecule has 4 aromatic rings. The van der Waals surface area contributed by atoms with Gasteiger partial charge in [-0.25, -0.2) is 4.79 Å². The van der Waals surface area contributed by atoms with Gasteiger partial charge >= 0.3 is 5.97 Å². The van der Waals surface area contributed by atoms with Crippen LogP contribution < -0.4 is 4.90 Å². The molecule has 2 N–H and O–H groups in total. The quantitative estimate of drug-likeness (QED) is 0.380. The number of nitrogens with zero attached hydrogens (tertiary/aromatic N) is 2. The molecule has 0 saturated carbocycles. The maximum Gasteiger partial charge on any atom is 0.335 e. The van der Waals surface area contributed by atoms with Gasteiger partial charge < -0.3 is 5.11 Å². The molecule has 1 aliphatic heterocycles. The van der Waals surface area contributed by atoms with Gasteiger partial charge in [0.05, 0.1) is 17.3 Å². The topological polar surface area (TPSA) is 86.3 Å². The van der Waals surface area contributed by atoms with E-state index < -0.39 is 12.0 Å². The molecule has 1 aliphatic rings. The molecule has 5 rings (SSSR count). The van der Waals surface area contributed by atoms with E-state index in [0.29, 0.717) is 11.4 Å². The van der Waals surface area contributed by atoms with E-state index in [9.17, 15) is 14.7 Å². The Bertz CT molecular complexity index is 1410. The SMILES string of the molecule is Cc1ccc(-c2n[nH]c3c2[C@@H](c2ccc(C(C)(C)C)cc2)N(c2ccc(C(=O)O)cc2)C3=O)cc1. The van der Waals surface area contributed by atoms with E-state index in [0.717, 1.165) is 27.9 Å². The van der Waals surface area contributed by atoms with Gasteiger partial charge in [0.15, 0.2) is 0 Å². The lowest BCUT2D eigenvalue weighted by molar-refractivity contribution is 0.0696. The number of H-pyrrole nitrogens is 1. The number of carbonyl (C=O) groups is 2. The first-order valence-corrected chi connectivity index (χ1v) is 11.6. The van der Waals surface area contributed by atoms with Crippen molar-refractivity contribution < 1.29 is 14.7 Å². The minimum Gasteiger partial charge on any atom is -0.478 e. The van der Waals surface area contributed by atoms with Gasteiger partial charge in [-0.2, -0.15) is 5.10 Å². The molecular formula is C29H27N3O3.